The maximum absolute atomic E-state index is 9.31. The molecule has 0 aliphatic heterocycles. The molecule has 0 spiro atoms. The summed E-state index contributed by atoms with van der Waals surface area (Å²) in [5.41, 5.74) is 0.662. The molecular formula is C11H10N2O. The molecular weight excluding hydrogens is 176 g/mol. The van der Waals surface area contributed by atoms with E-state index in [2.05, 4.69) is 4.98 Å². The number of phenols is 1. The zero-order valence-electron chi connectivity index (χ0n) is 7.81. The van der Waals surface area contributed by atoms with Crippen LogP contribution in [0, 0.1) is 11.3 Å². The molecule has 1 aromatic heterocycles. The zero-order valence-corrected chi connectivity index (χ0v) is 7.81. The van der Waals surface area contributed by atoms with Gasteiger partial charge in [0.2, 0.25) is 0 Å². The van der Waals surface area contributed by atoms with Crippen LogP contribution in [0.2, 0.25) is 0 Å². The number of nitriles is 1. The van der Waals surface area contributed by atoms with Gasteiger partial charge < -0.3 is 5.11 Å². The Labute approximate surface area is 82.3 Å². The summed E-state index contributed by atoms with van der Waals surface area (Å²) in [6.07, 6.45) is 1.67. The number of nitrogens with zero attached hydrogens (tertiary/aromatic N) is 2. The molecule has 0 saturated heterocycles. The van der Waals surface area contributed by atoms with E-state index in [-0.39, 0.29) is 5.75 Å². The number of benzene rings is 1. The van der Waals surface area contributed by atoms with Crippen molar-refractivity contribution in [2.45, 2.75) is 6.92 Å². The standard InChI is InChI=1S/C9H7NO.C2H3N/c11-8-5-1-3-7-4-2-6-10-9(7)8;1-2-3/h1-6,11H;1H3. The third-order valence-corrected chi connectivity index (χ3v) is 1.61. The van der Waals surface area contributed by atoms with E-state index in [9.17, 15) is 5.11 Å². The second-order valence-electron chi connectivity index (χ2n) is 2.58. The fourth-order valence-corrected chi connectivity index (χ4v) is 1.09. The summed E-state index contributed by atoms with van der Waals surface area (Å²) in [6.45, 7) is 1.43. The lowest BCUT2D eigenvalue weighted by Gasteiger charge is -1.96. The first-order valence-corrected chi connectivity index (χ1v) is 4.13. The number of rotatable bonds is 0. The van der Waals surface area contributed by atoms with Crippen LogP contribution < -0.4 is 0 Å². The van der Waals surface area contributed by atoms with Crippen LogP contribution >= 0.6 is 0 Å². The Bertz CT molecular complexity index is 455. The van der Waals surface area contributed by atoms with E-state index in [1.54, 1.807) is 24.4 Å². The van der Waals surface area contributed by atoms with Crippen LogP contribution in [-0.2, 0) is 0 Å². The molecule has 0 aliphatic carbocycles. The fraction of sp³-hybridized carbons (Fsp3) is 0.0909. The minimum absolute atomic E-state index is 0.239. The molecule has 1 aromatic carbocycles. The number of phenolic OH excluding ortho intramolecular Hbond substituents is 1. The molecule has 0 unspecified atom stereocenters. The third-order valence-electron chi connectivity index (χ3n) is 1.61. The average Bonchev–Trinajstić information content (AvgIpc) is 2.20. The van der Waals surface area contributed by atoms with Gasteiger partial charge in [-0.25, -0.2) is 0 Å². The van der Waals surface area contributed by atoms with Crippen molar-refractivity contribution in [2.24, 2.45) is 0 Å². The fourth-order valence-electron chi connectivity index (χ4n) is 1.09. The summed E-state index contributed by atoms with van der Waals surface area (Å²) in [4.78, 5) is 4.03. The van der Waals surface area contributed by atoms with Gasteiger partial charge in [0.1, 0.15) is 11.3 Å². The van der Waals surface area contributed by atoms with Crippen LogP contribution in [0.1, 0.15) is 6.92 Å². The van der Waals surface area contributed by atoms with E-state index < -0.39 is 0 Å². The number of pyridine rings is 1. The molecule has 0 bridgehead atoms. The van der Waals surface area contributed by atoms with Crippen molar-refractivity contribution in [3.63, 3.8) is 0 Å². The van der Waals surface area contributed by atoms with Gasteiger partial charge in [0.15, 0.2) is 0 Å². The molecule has 14 heavy (non-hydrogen) atoms. The predicted molar refractivity (Wildman–Crippen MR) is 54.7 cm³/mol. The molecule has 70 valence electrons. The van der Waals surface area contributed by atoms with E-state index in [4.69, 9.17) is 5.26 Å². The Balaban J connectivity index is 0.000000293. The SMILES string of the molecule is CC#N.Oc1cccc2cccnc12. The molecule has 0 radical (unpaired) electrons. The lowest BCUT2D eigenvalue weighted by Crippen LogP contribution is -1.76. The second kappa shape index (κ2) is 4.83. The van der Waals surface area contributed by atoms with Gasteiger partial charge >= 0.3 is 0 Å². The van der Waals surface area contributed by atoms with Crippen molar-refractivity contribution >= 4 is 10.9 Å². The van der Waals surface area contributed by atoms with Crippen LogP contribution in [0.3, 0.4) is 0 Å². The summed E-state index contributed by atoms with van der Waals surface area (Å²) < 4.78 is 0. The maximum Gasteiger partial charge on any atom is 0.141 e. The van der Waals surface area contributed by atoms with Crippen molar-refractivity contribution < 1.29 is 5.11 Å². The number of aromatic nitrogens is 1. The van der Waals surface area contributed by atoms with E-state index in [0.29, 0.717) is 5.52 Å². The number of fused-ring (bicyclic) bond motifs is 1. The minimum atomic E-state index is 0.239. The summed E-state index contributed by atoms with van der Waals surface area (Å²) in [5.74, 6) is 0.239. The highest BCUT2D eigenvalue weighted by molar-refractivity contribution is 5.83. The maximum atomic E-state index is 9.31. The summed E-state index contributed by atoms with van der Waals surface area (Å²) in [5, 5.41) is 17.6. The Kier molecular flexibility index (Phi) is 3.45. The van der Waals surface area contributed by atoms with Gasteiger partial charge in [-0.2, -0.15) is 5.26 Å². The number of hydrogen-bond donors (Lipinski definition) is 1. The third kappa shape index (κ3) is 2.20. The summed E-state index contributed by atoms with van der Waals surface area (Å²) >= 11 is 0. The molecule has 0 aliphatic rings. The van der Waals surface area contributed by atoms with E-state index in [0.717, 1.165) is 5.39 Å². The lowest BCUT2D eigenvalue weighted by molar-refractivity contribution is 0.480. The number of hydrogen-bond acceptors (Lipinski definition) is 3. The van der Waals surface area contributed by atoms with Crippen LogP contribution in [0.4, 0.5) is 0 Å². The van der Waals surface area contributed by atoms with Gasteiger partial charge in [0.25, 0.3) is 0 Å². The smallest absolute Gasteiger partial charge is 0.141 e. The molecule has 0 atom stereocenters. The predicted octanol–water partition coefficient (Wildman–Crippen LogP) is 2.47. The van der Waals surface area contributed by atoms with Crippen molar-refractivity contribution in [3.8, 4) is 11.8 Å². The minimum Gasteiger partial charge on any atom is -0.506 e. The van der Waals surface area contributed by atoms with Crippen molar-refractivity contribution in [1.82, 2.24) is 4.98 Å². The first kappa shape index (κ1) is 10.0. The van der Waals surface area contributed by atoms with Gasteiger partial charge in [-0.15, -0.1) is 0 Å². The van der Waals surface area contributed by atoms with Gasteiger partial charge in [-0.3, -0.25) is 4.98 Å². The Hall–Kier alpha value is -2.08. The van der Waals surface area contributed by atoms with Crippen LogP contribution in [0.5, 0.6) is 5.75 Å². The Morgan fingerprint density at radius 1 is 1.29 bits per heavy atom. The molecule has 2 rings (SSSR count). The molecule has 3 nitrogen and oxygen atoms in total. The number of aromatic hydroxyl groups is 1. The Morgan fingerprint density at radius 3 is 2.57 bits per heavy atom. The Morgan fingerprint density at radius 2 is 1.93 bits per heavy atom. The van der Waals surface area contributed by atoms with E-state index >= 15 is 0 Å². The van der Waals surface area contributed by atoms with Crippen molar-refractivity contribution in [3.05, 3.63) is 36.5 Å². The van der Waals surface area contributed by atoms with Crippen LogP contribution in [-0.4, -0.2) is 10.1 Å². The largest absolute Gasteiger partial charge is 0.506 e. The summed E-state index contributed by atoms with van der Waals surface area (Å²) in [7, 11) is 0. The topological polar surface area (TPSA) is 56.9 Å². The lowest BCUT2D eigenvalue weighted by atomic mass is 10.2. The molecule has 3 heteroatoms. The zero-order chi connectivity index (χ0) is 10.4. The molecule has 0 amide bonds. The van der Waals surface area contributed by atoms with Crippen molar-refractivity contribution in [2.75, 3.05) is 0 Å². The van der Waals surface area contributed by atoms with Gasteiger partial charge in [0.05, 0.1) is 6.07 Å². The highest BCUT2D eigenvalue weighted by atomic mass is 16.3. The first-order chi connectivity index (χ1) is 6.79. The summed E-state index contributed by atoms with van der Waals surface area (Å²) in [6, 6.07) is 10.9. The van der Waals surface area contributed by atoms with Crippen LogP contribution in [0.25, 0.3) is 10.9 Å². The van der Waals surface area contributed by atoms with Crippen molar-refractivity contribution in [1.29, 1.82) is 5.26 Å². The highest BCUT2D eigenvalue weighted by Gasteiger charge is 1.96. The molecule has 0 fully saturated rings. The number of para-hydroxylation sites is 1. The molecule has 1 N–H and O–H groups in total. The molecule has 1 heterocycles. The highest BCUT2D eigenvalue weighted by Crippen LogP contribution is 2.20. The van der Waals surface area contributed by atoms with Gasteiger partial charge in [-0.1, -0.05) is 18.2 Å². The normalized spacial score (nSPS) is 8.57. The quantitative estimate of drug-likeness (QED) is 0.687. The van der Waals surface area contributed by atoms with E-state index in [1.165, 1.54) is 6.92 Å². The molecule has 2 aromatic rings. The van der Waals surface area contributed by atoms with Gasteiger partial charge in [0, 0.05) is 18.5 Å². The average molecular weight is 186 g/mol. The first-order valence-electron chi connectivity index (χ1n) is 4.13. The van der Waals surface area contributed by atoms with E-state index in [1.807, 2.05) is 18.2 Å². The monoisotopic (exact) mass is 186 g/mol. The van der Waals surface area contributed by atoms with Gasteiger partial charge in [-0.05, 0) is 12.1 Å². The van der Waals surface area contributed by atoms with Crippen LogP contribution in [0.15, 0.2) is 36.5 Å². The molecule has 0 saturated carbocycles. The second-order valence-corrected chi connectivity index (χ2v) is 2.58.